The highest BCUT2D eigenvalue weighted by atomic mass is 31.2. The summed E-state index contributed by atoms with van der Waals surface area (Å²) in [7, 11) is -4.40. The van der Waals surface area contributed by atoms with Gasteiger partial charge in [-0.05, 0) is 19.3 Å². The van der Waals surface area contributed by atoms with Crippen molar-refractivity contribution in [1.29, 1.82) is 0 Å². The van der Waals surface area contributed by atoms with E-state index in [0.29, 0.717) is 6.42 Å². The number of allylic oxidation sites excluding steroid dienone is 1. The summed E-state index contributed by atoms with van der Waals surface area (Å²) in [6.45, 7) is 4.01. The Hall–Kier alpha value is -0.800. The molecule has 0 fully saturated rings. The van der Waals surface area contributed by atoms with Crippen LogP contribution < -0.4 is 11.1 Å². The van der Waals surface area contributed by atoms with Gasteiger partial charge in [-0.3, -0.25) is 13.8 Å². The highest BCUT2D eigenvalue weighted by Gasteiger charge is 2.27. The van der Waals surface area contributed by atoms with E-state index in [1.165, 1.54) is 180 Å². The van der Waals surface area contributed by atoms with Gasteiger partial charge in [-0.2, -0.15) is 0 Å². The standard InChI is InChI=1S/C47H95N2O7P/c1-3-5-7-9-11-13-15-17-19-21-23-24-26-28-30-32-34-36-38-44(50)42-47(52)49-45(43-56-57(53,54)55-41-40-48)46(51)39-37-35-33-31-29-27-25-22-20-18-16-14-12-10-8-6-4-2/h37,39,44-46,50-51H,3-36,38,40-43,48H2,1-2H3,(H,49,52)(H,53,54)/b39-37+. The number of phosphoric acid groups is 1. The molecule has 0 saturated carbocycles. The Morgan fingerprint density at radius 1 is 0.596 bits per heavy atom. The molecule has 4 atom stereocenters. The van der Waals surface area contributed by atoms with Crippen molar-refractivity contribution < 1.29 is 33.5 Å². The maximum absolute atomic E-state index is 12.8. The topological polar surface area (TPSA) is 151 Å². The number of aliphatic hydroxyl groups is 2. The fourth-order valence-electron chi connectivity index (χ4n) is 7.47. The number of nitrogens with two attached hydrogens (primary N) is 1. The van der Waals surface area contributed by atoms with Gasteiger partial charge in [-0.25, -0.2) is 4.57 Å². The number of amides is 1. The van der Waals surface area contributed by atoms with Crippen LogP contribution in [0.1, 0.15) is 245 Å². The Morgan fingerprint density at radius 3 is 1.35 bits per heavy atom. The van der Waals surface area contributed by atoms with Crippen molar-refractivity contribution in [1.82, 2.24) is 5.32 Å². The average molecular weight is 831 g/mol. The summed E-state index contributed by atoms with van der Waals surface area (Å²) < 4.78 is 22.1. The molecule has 0 aromatic rings. The van der Waals surface area contributed by atoms with E-state index in [1.807, 2.05) is 6.08 Å². The van der Waals surface area contributed by atoms with Crippen molar-refractivity contribution in [3.8, 4) is 0 Å². The highest BCUT2D eigenvalue weighted by molar-refractivity contribution is 7.47. The number of aliphatic hydroxyl groups excluding tert-OH is 2. The lowest BCUT2D eigenvalue weighted by Gasteiger charge is -2.24. The monoisotopic (exact) mass is 831 g/mol. The first-order valence-electron chi connectivity index (χ1n) is 24.4. The van der Waals surface area contributed by atoms with E-state index in [2.05, 4.69) is 19.2 Å². The fourth-order valence-corrected chi connectivity index (χ4v) is 8.23. The molecule has 0 spiro atoms. The smallest absolute Gasteiger partial charge is 0.393 e. The van der Waals surface area contributed by atoms with Crippen LogP contribution in [0.3, 0.4) is 0 Å². The molecular weight excluding hydrogens is 735 g/mol. The second-order valence-electron chi connectivity index (χ2n) is 16.9. The molecule has 10 heteroatoms. The second-order valence-corrected chi connectivity index (χ2v) is 18.3. The van der Waals surface area contributed by atoms with Gasteiger partial charge < -0.3 is 26.2 Å². The molecule has 0 bridgehead atoms. The first-order chi connectivity index (χ1) is 27.8. The quantitative estimate of drug-likeness (QED) is 0.0231. The van der Waals surface area contributed by atoms with Crippen LogP contribution >= 0.6 is 7.82 Å². The van der Waals surface area contributed by atoms with Gasteiger partial charge in [0.25, 0.3) is 0 Å². The Balaban J connectivity index is 4.21. The summed E-state index contributed by atoms with van der Waals surface area (Å²) in [5.41, 5.74) is 5.37. The number of carbonyl (C=O) groups excluding carboxylic acids is 1. The molecule has 9 nitrogen and oxygen atoms in total. The van der Waals surface area contributed by atoms with E-state index < -0.39 is 38.6 Å². The maximum Gasteiger partial charge on any atom is 0.472 e. The van der Waals surface area contributed by atoms with Gasteiger partial charge in [0.1, 0.15) is 0 Å². The Morgan fingerprint density at radius 2 is 0.965 bits per heavy atom. The number of phosphoric ester groups is 1. The lowest BCUT2D eigenvalue weighted by Crippen LogP contribution is -2.46. The van der Waals surface area contributed by atoms with Gasteiger partial charge in [-0.15, -0.1) is 0 Å². The lowest BCUT2D eigenvalue weighted by molar-refractivity contribution is -0.124. The lowest BCUT2D eigenvalue weighted by atomic mass is 10.0. The molecule has 0 aliphatic heterocycles. The first-order valence-corrected chi connectivity index (χ1v) is 25.9. The normalized spacial score (nSPS) is 14.6. The molecule has 0 aromatic heterocycles. The van der Waals surface area contributed by atoms with E-state index >= 15 is 0 Å². The molecule has 6 N–H and O–H groups in total. The van der Waals surface area contributed by atoms with Gasteiger partial charge >= 0.3 is 7.82 Å². The molecule has 0 aliphatic carbocycles. The van der Waals surface area contributed by atoms with E-state index in [9.17, 15) is 24.5 Å². The molecule has 0 saturated heterocycles. The van der Waals surface area contributed by atoms with Crippen LogP contribution in [-0.4, -0.2) is 59.0 Å². The largest absolute Gasteiger partial charge is 0.472 e. The summed E-state index contributed by atoms with van der Waals surface area (Å²) in [6, 6.07) is -0.978. The zero-order valence-corrected chi connectivity index (χ0v) is 38.4. The third-order valence-corrected chi connectivity index (χ3v) is 12.2. The maximum atomic E-state index is 12.8. The first kappa shape index (κ1) is 56.2. The number of rotatable bonds is 46. The Bertz CT molecular complexity index is 924. The third kappa shape index (κ3) is 41.7. The van der Waals surface area contributed by atoms with Crippen LogP contribution in [0.4, 0.5) is 0 Å². The number of nitrogens with one attached hydrogen (secondary N) is 1. The molecule has 0 radical (unpaired) electrons. The van der Waals surface area contributed by atoms with E-state index in [1.54, 1.807) is 6.08 Å². The summed E-state index contributed by atoms with van der Waals surface area (Å²) in [5, 5.41) is 24.1. The fraction of sp³-hybridized carbons (Fsp3) is 0.936. The molecule has 0 heterocycles. The number of carbonyl (C=O) groups is 1. The average Bonchev–Trinajstić information content (AvgIpc) is 3.19. The Kier molecular flexibility index (Phi) is 42.7. The van der Waals surface area contributed by atoms with Crippen LogP contribution in [-0.2, 0) is 18.4 Å². The SMILES string of the molecule is CCCCCCCCCCCCCCCCC/C=C/C(O)C(COP(=O)(O)OCCN)NC(=O)CC(O)CCCCCCCCCCCCCCCCCCCC. The van der Waals surface area contributed by atoms with Crippen molar-refractivity contribution in [2.45, 2.75) is 263 Å². The summed E-state index contributed by atoms with van der Waals surface area (Å²) in [4.78, 5) is 22.8. The summed E-state index contributed by atoms with van der Waals surface area (Å²) >= 11 is 0. The van der Waals surface area contributed by atoms with Crippen LogP contribution in [0.2, 0.25) is 0 Å². The van der Waals surface area contributed by atoms with Gasteiger partial charge in [0.15, 0.2) is 0 Å². The van der Waals surface area contributed by atoms with Crippen LogP contribution in [0.5, 0.6) is 0 Å². The zero-order valence-electron chi connectivity index (χ0n) is 37.5. The molecule has 4 unspecified atom stereocenters. The number of hydrogen-bond acceptors (Lipinski definition) is 7. The van der Waals surface area contributed by atoms with Crippen molar-refractivity contribution in [2.24, 2.45) is 5.73 Å². The minimum atomic E-state index is -4.40. The molecule has 57 heavy (non-hydrogen) atoms. The number of hydrogen-bond donors (Lipinski definition) is 5. The zero-order chi connectivity index (χ0) is 41.9. The van der Waals surface area contributed by atoms with E-state index in [-0.39, 0.29) is 19.6 Å². The van der Waals surface area contributed by atoms with Crippen molar-refractivity contribution in [2.75, 3.05) is 19.8 Å². The summed E-state index contributed by atoms with van der Waals surface area (Å²) in [6.07, 6.45) is 45.8. The van der Waals surface area contributed by atoms with E-state index in [0.717, 1.165) is 38.5 Å². The molecule has 0 rings (SSSR count). The second kappa shape index (κ2) is 43.3. The van der Waals surface area contributed by atoms with Crippen molar-refractivity contribution in [3.05, 3.63) is 12.2 Å². The van der Waals surface area contributed by atoms with Gasteiger partial charge in [0, 0.05) is 6.54 Å². The van der Waals surface area contributed by atoms with Crippen LogP contribution in [0.25, 0.3) is 0 Å². The van der Waals surface area contributed by atoms with Crippen LogP contribution in [0, 0.1) is 0 Å². The minimum Gasteiger partial charge on any atom is -0.393 e. The molecule has 1 amide bonds. The third-order valence-electron chi connectivity index (χ3n) is 11.2. The van der Waals surface area contributed by atoms with Gasteiger partial charge in [0.05, 0.1) is 37.9 Å². The van der Waals surface area contributed by atoms with Crippen molar-refractivity contribution >= 4 is 13.7 Å². The Labute approximate surface area is 352 Å². The highest BCUT2D eigenvalue weighted by Crippen LogP contribution is 2.43. The van der Waals surface area contributed by atoms with E-state index in [4.69, 9.17) is 14.8 Å². The predicted octanol–water partition coefficient (Wildman–Crippen LogP) is 12.9. The van der Waals surface area contributed by atoms with Crippen LogP contribution in [0.15, 0.2) is 12.2 Å². The minimum absolute atomic E-state index is 0.0517. The summed E-state index contributed by atoms with van der Waals surface area (Å²) in [5.74, 6) is -0.441. The molecule has 0 aliphatic rings. The molecule has 0 aromatic carbocycles. The van der Waals surface area contributed by atoms with Crippen molar-refractivity contribution in [3.63, 3.8) is 0 Å². The molecular formula is C47H95N2O7P. The van der Waals surface area contributed by atoms with Gasteiger partial charge in [0.2, 0.25) is 5.91 Å². The van der Waals surface area contributed by atoms with Gasteiger partial charge in [-0.1, -0.05) is 231 Å². The molecule has 340 valence electrons. The number of unbranched alkanes of at least 4 members (excludes halogenated alkanes) is 32. The predicted molar refractivity (Wildman–Crippen MR) is 241 cm³/mol.